The van der Waals surface area contributed by atoms with Gasteiger partial charge in [0.25, 0.3) is 5.91 Å². The largest absolute Gasteiger partial charge is 0.416 e. The van der Waals surface area contributed by atoms with Crippen molar-refractivity contribution >= 4 is 11.7 Å². The Morgan fingerprint density at radius 3 is 1.97 bits per heavy atom. The second kappa shape index (κ2) is 7.99. The van der Waals surface area contributed by atoms with Gasteiger partial charge in [-0.3, -0.25) is 9.59 Å². The fraction of sp³-hybridized carbons (Fsp3) is 0.333. The van der Waals surface area contributed by atoms with Crippen molar-refractivity contribution in [2.45, 2.75) is 37.3 Å². The highest BCUT2D eigenvalue weighted by molar-refractivity contribution is 6.38. The molecular formula is C21H17F6NO3. The van der Waals surface area contributed by atoms with E-state index in [0.29, 0.717) is 17.7 Å². The third kappa shape index (κ3) is 4.90. The number of carbonyl (C=O) groups is 2. The van der Waals surface area contributed by atoms with Gasteiger partial charge in [-0.15, -0.1) is 0 Å². The van der Waals surface area contributed by atoms with E-state index in [9.17, 15) is 35.9 Å². The predicted molar refractivity (Wildman–Crippen MR) is 96.7 cm³/mol. The zero-order valence-corrected chi connectivity index (χ0v) is 16.1. The third-order valence-electron chi connectivity index (χ3n) is 5.05. The van der Waals surface area contributed by atoms with Crippen LogP contribution in [0.5, 0.6) is 0 Å². The first-order valence-electron chi connectivity index (χ1n) is 9.14. The van der Waals surface area contributed by atoms with Crippen molar-refractivity contribution in [1.82, 2.24) is 5.32 Å². The quantitative estimate of drug-likeness (QED) is 0.532. The fourth-order valence-electron chi connectivity index (χ4n) is 3.36. The third-order valence-corrected chi connectivity index (χ3v) is 5.05. The van der Waals surface area contributed by atoms with Crippen LogP contribution in [0.3, 0.4) is 0 Å². The summed E-state index contributed by atoms with van der Waals surface area (Å²) in [6.45, 7) is 0.972. The number of benzene rings is 2. The Balaban J connectivity index is 1.91. The minimum Gasteiger partial charge on any atom is -0.371 e. The maximum Gasteiger partial charge on any atom is 0.416 e. The molecule has 1 aliphatic rings. The zero-order valence-electron chi connectivity index (χ0n) is 16.1. The van der Waals surface area contributed by atoms with E-state index in [1.807, 2.05) is 0 Å². The zero-order chi connectivity index (χ0) is 23.0. The van der Waals surface area contributed by atoms with Gasteiger partial charge in [-0.2, -0.15) is 26.3 Å². The molecule has 0 radical (unpaired) electrons. The van der Waals surface area contributed by atoms with Crippen LogP contribution >= 0.6 is 0 Å². The number of amides is 1. The van der Waals surface area contributed by atoms with Gasteiger partial charge in [0.1, 0.15) is 0 Å². The first kappa shape index (κ1) is 22.8. The van der Waals surface area contributed by atoms with Gasteiger partial charge in [0, 0.05) is 6.42 Å². The lowest BCUT2D eigenvalue weighted by Crippen LogP contribution is -2.43. The van der Waals surface area contributed by atoms with Crippen molar-refractivity contribution in [2.75, 3.05) is 6.61 Å². The molecule has 0 saturated carbocycles. The molecule has 1 aliphatic heterocycles. The van der Waals surface area contributed by atoms with Crippen LogP contribution < -0.4 is 5.32 Å². The van der Waals surface area contributed by atoms with Crippen LogP contribution in [0.15, 0.2) is 48.5 Å². The molecule has 4 nitrogen and oxygen atoms in total. The monoisotopic (exact) mass is 445 g/mol. The van der Waals surface area contributed by atoms with Crippen molar-refractivity contribution < 1.29 is 40.7 Å². The lowest BCUT2D eigenvalue weighted by molar-refractivity contribution is -0.143. The maximum atomic E-state index is 13.1. The van der Waals surface area contributed by atoms with Crippen LogP contribution in [0.4, 0.5) is 26.3 Å². The molecule has 0 unspecified atom stereocenters. The van der Waals surface area contributed by atoms with E-state index in [-0.39, 0.29) is 24.7 Å². The number of ether oxygens (including phenoxy) is 1. The molecule has 1 fully saturated rings. The van der Waals surface area contributed by atoms with Gasteiger partial charge in [0.15, 0.2) is 0 Å². The Bertz CT molecular complexity index is 937. The van der Waals surface area contributed by atoms with E-state index in [2.05, 4.69) is 5.32 Å². The summed E-state index contributed by atoms with van der Waals surface area (Å²) in [6.07, 6.45) is -11.4. The van der Waals surface area contributed by atoms with Crippen molar-refractivity contribution in [1.29, 1.82) is 0 Å². The normalized spacial score (nSPS) is 20.6. The maximum absolute atomic E-state index is 13.1. The summed E-state index contributed by atoms with van der Waals surface area (Å²) >= 11 is 0. The number of halogens is 6. The van der Waals surface area contributed by atoms with Crippen LogP contribution in [0.25, 0.3) is 0 Å². The average Bonchev–Trinajstić information content (AvgIpc) is 3.00. The fourth-order valence-corrected chi connectivity index (χ4v) is 3.36. The van der Waals surface area contributed by atoms with Gasteiger partial charge < -0.3 is 10.1 Å². The van der Waals surface area contributed by atoms with Crippen molar-refractivity contribution in [3.8, 4) is 0 Å². The van der Waals surface area contributed by atoms with Gasteiger partial charge in [-0.1, -0.05) is 30.3 Å². The molecule has 0 spiro atoms. The van der Waals surface area contributed by atoms with Crippen molar-refractivity contribution in [3.05, 3.63) is 70.8 Å². The van der Waals surface area contributed by atoms with Gasteiger partial charge >= 0.3 is 12.4 Å². The average molecular weight is 445 g/mol. The highest BCUT2D eigenvalue weighted by Crippen LogP contribution is 2.38. The van der Waals surface area contributed by atoms with Crippen molar-refractivity contribution in [3.63, 3.8) is 0 Å². The van der Waals surface area contributed by atoms with Gasteiger partial charge in [-0.25, -0.2) is 0 Å². The van der Waals surface area contributed by atoms with E-state index in [4.69, 9.17) is 4.74 Å². The highest BCUT2D eigenvalue weighted by atomic mass is 19.4. The second-order valence-electron chi connectivity index (χ2n) is 7.29. The first-order chi connectivity index (χ1) is 14.3. The summed E-state index contributed by atoms with van der Waals surface area (Å²) in [6, 6.07) is 9.53. The second-order valence-corrected chi connectivity index (χ2v) is 7.29. The molecule has 166 valence electrons. The minimum atomic E-state index is -4.98. The molecule has 0 aliphatic carbocycles. The number of alkyl halides is 6. The molecule has 0 aromatic heterocycles. The van der Waals surface area contributed by atoms with Gasteiger partial charge in [0.05, 0.1) is 29.4 Å². The first-order valence-corrected chi connectivity index (χ1v) is 9.14. The molecule has 0 bridgehead atoms. The van der Waals surface area contributed by atoms with E-state index < -0.39 is 46.8 Å². The molecule has 1 saturated heterocycles. The van der Waals surface area contributed by atoms with Crippen molar-refractivity contribution in [2.24, 2.45) is 0 Å². The molecular weight excluding hydrogens is 428 g/mol. The van der Waals surface area contributed by atoms with Crippen LogP contribution in [-0.4, -0.2) is 18.3 Å². The molecule has 3 rings (SSSR count). The number of Topliss-reactive ketones (excluding diaryl/α,β-unsaturated/α-hetero) is 1. The highest BCUT2D eigenvalue weighted by Gasteiger charge is 2.45. The molecule has 2 aromatic carbocycles. The predicted octanol–water partition coefficient (Wildman–Crippen LogP) is 4.79. The SMILES string of the molecule is C[C@@H](OC[C@@]1(c2ccccc2)CC(=O)C(=O)N1)c1cc(C(F)(F)F)cc(C(F)(F)F)c1. The smallest absolute Gasteiger partial charge is 0.371 e. The number of hydrogen-bond donors (Lipinski definition) is 1. The summed E-state index contributed by atoms with van der Waals surface area (Å²) in [5.41, 5.74) is -3.97. The van der Waals surface area contributed by atoms with Crippen LogP contribution in [0.2, 0.25) is 0 Å². The number of nitrogens with one attached hydrogen (secondary N) is 1. The van der Waals surface area contributed by atoms with Gasteiger partial charge in [-0.05, 0) is 36.2 Å². The standard InChI is InChI=1S/C21H17F6NO3/c1-12(13-7-15(20(22,23)24)9-16(8-13)21(25,26)27)31-11-19(10-17(29)18(30)28-19)14-5-3-2-4-6-14/h2-9,12H,10-11H2,1H3,(H,28,30)/t12-,19-/m1/s1. The lowest BCUT2D eigenvalue weighted by Gasteiger charge is -2.30. The van der Waals surface area contributed by atoms with E-state index >= 15 is 0 Å². The number of rotatable bonds is 5. The Labute approximate surface area is 173 Å². The molecule has 1 N–H and O–H groups in total. The molecule has 2 aromatic rings. The van der Waals surface area contributed by atoms with Crippen LogP contribution in [-0.2, 0) is 32.2 Å². The summed E-state index contributed by atoms with van der Waals surface area (Å²) in [5, 5.41) is 2.54. The Morgan fingerprint density at radius 1 is 0.968 bits per heavy atom. The number of ketones is 1. The van der Waals surface area contributed by atoms with Crippen LogP contribution in [0.1, 0.15) is 41.7 Å². The Hall–Kier alpha value is -2.88. The summed E-state index contributed by atoms with van der Waals surface area (Å²) in [5.74, 6) is -1.53. The molecule has 1 amide bonds. The summed E-state index contributed by atoms with van der Waals surface area (Å²) < 4.78 is 84.2. The number of carbonyl (C=O) groups excluding carboxylic acids is 2. The van der Waals surface area contributed by atoms with Crippen LogP contribution in [0, 0.1) is 0 Å². The Kier molecular flexibility index (Phi) is 5.88. The van der Waals surface area contributed by atoms with E-state index in [0.717, 1.165) is 0 Å². The number of hydrogen-bond acceptors (Lipinski definition) is 3. The summed E-state index contributed by atoms with van der Waals surface area (Å²) in [4.78, 5) is 23.7. The van der Waals surface area contributed by atoms with E-state index in [1.54, 1.807) is 30.3 Å². The molecule has 1 heterocycles. The molecule has 2 atom stereocenters. The molecule has 10 heteroatoms. The summed E-state index contributed by atoms with van der Waals surface area (Å²) in [7, 11) is 0. The molecule has 31 heavy (non-hydrogen) atoms. The topological polar surface area (TPSA) is 55.4 Å². The lowest BCUT2D eigenvalue weighted by atomic mass is 9.89. The van der Waals surface area contributed by atoms with Gasteiger partial charge in [0.2, 0.25) is 5.78 Å². The van der Waals surface area contributed by atoms with E-state index in [1.165, 1.54) is 6.92 Å². The minimum absolute atomic E-state index is 0.0392. The Morgan fingerprint density at radius 2 is 1.52 bits per heavy atom.